The molecule has 9 rings (SSSR count). The van der Waals surface area contributed by atoms with Crippen molar-refractivity contribution < 1.29 is 51.9 Å². The van der Waals surface area contributed by atoms with Gasteiger partial charge < -0.3 is 28.2 Å². The third-order valence-electron chi connectivity index (χ3n) is 10.5. The number of rotatable bonds is 8. The molecule has 0 fully saturated rings. The molecule has 322 valence electrons. The zero-order valence-corrected chi connectivity index (χ0v) is 35.5. The first kappa shape index (κ1) is 42.4. The van der Waals surface area contributed by atoms with Crippen LogP contribution in [0.3, 0.4) is 0 Å². The van der Waals surface area contributed by atoms with Crippen molar-refractivity contribution in [3.63, 3.8) is 0 Å². The molecule has 4 aromatic carbocycles. The van der Waals surface area contributed by atoms with Gasteiger partial charge in [0.1, 0.15) is 40.5 Å². The second-order valence-corrected chi connectivity index (χ2v) is 19.9. The van der Waals surface area contributed by atoms with Crippen molar-refractivity contribution in [1.29, 1.82) is 0 Å². The predicted octanol–water partition coefficient (Wildman–Crippen LogP) is 6.94. The molecule has 8 bridgehead atoms. The molecule has 5 heterocycles. The summed E-state index contributed by atoms with van der Waals surface area (Å²) >= 11 is 0. The van der Waals surface area contributed by atoms with Gasteiger partial charge in [-0.2, -0.15) is 0 Å². The van der Waals surface area contributed by atoms with Crippen molar-refractivity contribution in [3.05, 3.63) is 144 Å². The maximum atomic E-state index is 11.9. The second-order valence-electron chi connectivity index (χ2n) is 14.4. The summed E-state index contributed by atoms with van der Waals surface area (Å²) < 4.78 is 143. The number of H-pyrrole nitrogens is 2. The highest BCUT2D eigenvalue weighted by atomic mass is 32.2. The molecule has 0 radical (unpaired) electrons. The van der Waals surface area contributed by atoms with E-state index in [1.807, 2.05) is 0 Å². The lowest BCUT2D eigenvalue weighted by atomic mass is 10.0. The van der Waals surface area contributed by atoms with Crippen LogP contribution in [0.2, 0.25) is 0 Å². The van der Waals surface area contributed by atoms with Crippen LogP contribution in [0.15, 0.2) is 141 Å². The van der Waals surface area contributed by atoms with Gasteiger partial charge >= 0.3 is 0 Å². The molecule has 2 aliphatic rings. The van der Waals surface area contributed by atoms with Crippen LogP contribution < -0.4 is 0 Å². The lowest BCUT2D eigenvalue weighted by molar-refractivity contribution is 0.461. The molecule has 0 aliphatic carbocycles. The van der Waals surface area contributed by atoms with Gasteiger partial charge in [0.25, 0.3) is 0 Å². The molecule has 2 aliphatic heterocycles. The maximum absolute atomic E-state index is 11.9. The van der Waals surface area contributed by atoms with E-state index in [0.29, 0.717) is 89.4 Å². The standard InChI is InChI=1S/C44H30N4O12S4/c49-61(50,51)29-9-1-25(2-10-29)41-33-17-19-35(45-33)42(26-3-11-30(12-4-26)62(52,53)54)37-21-23-39(47-37)44(28-7-15-32(16-8-28)64(58,59)60)40-24-22-38(48-40)43(36-20-18-34(41)46-36)27-5-13-31(14-6-27)63(55,56)57/h1-24,45,48H,(H,49,50,51)(H,52,53,54)(H,55,56,57)(H,58,59,60)/p-4. The topological polar surface area (TPSA) is 286 Å². The first-order valence-corrected chi connectivity index (χ1v) is 24.3. The molecule has 3 aromatic heterocycles. The van der Waals surface area contributed by atoms with Gasteiger partial charge in [-0.1, -0.05) is 48.5 Å². The number of hydrogen-bond donors (Lipinski definition) is 2. The average molecular weight is 931 g/mol. The summed E-state index contributed by atoms with van der Waals surface area (Å²) in [5.74, 6) is 0. The Hall–Kier alpha value is -6.88. The van der Waals surface area contributed by atoms with Gasteiger partial charge in [-0.3, -0.25) is 0 Å². The van der Waals surface area contributed by atoms with E-state index in [1.54, 1.807) is 48.6 Å². The molecule has 0 atom stereocenters. The Labute approximate surface area is 365 Å². The maximum Gasteiger partial charge on any atom is 0.124 e. The summed E-state index contributed by atoms with van der Waals surface area (Å²) in [4.78, 5) is 15.0. The number of benzene rings is 4. The summed E-state index contributed by atoms with van der Waals surface area (Å²) in [5.41, 5.74) is 6.76. The Kier molecular flexibility index (Phi) is 10.2. The fourth-order valence-electron chi connectivity index (χ4n) is 7.57. The zero-order valence-electron chi connectivity index (χ0n) is 32.3. The molecule has 0 unspecified atom stereocenters. The summed E-state index contributed by atoms with van der Waals surface area (Å²) in [6.45, 7) is 0. The molecule has 2 N–H and O–H groups in total. The van der Waals surface area contributed by atoms with Gasteiger partial charge in [0.05, 0.1) is 42.4 Å². The number of nitrogens with one attached hydrogen (secondary N) is 2. The zero-order chi connectivity index (χ0) is 45.3. The Morgan fingerprint density at radius 1 is 0.297 bits per heavy atom. The highest BCUT2D eigenvalue weighted by Gasteiger charge is 2.20. The fourth-order valence-corrected chi connectivity index (χ4v) is 9.45. The highest BCUT2D eigenvalue weighted by Crippen LogP contribution is 2.39. The Morgan fingerprint density at radius 2 is 0.484 bits per heavy atom. The lowest BCUT2D eigenvalue weighted by Gasteiger charge is -2.10. The molecule has 20 heteroatoms. The molecular formula is C44H26N4O12S4-4. The van der Waals surface area contributed by atoms with Crippen molar-refractivity contribution in [1.82, 2.24) is 19.9 Å². The summed E-state index contributed by atoms with van der Waals surface area (Å²) in [6, 6.07) is 27.8. The second kappa shape index (κ2) is 15.4. The van der Waals surface area contributed by atoms with E-state index in [9.17, 15) is 51.9 Å². The number of aromatic amines is 2. The normalized spacial score (nSPS) is 13.1. The molecular weight excluding hydrogens is 905 g/mol. The van der Waals surface area contributed by atoms with Crippen LogP contribution in [0, 0.1) is 0 Å². The summed E-state index contributed by atoms with van der Waals surface area (Å²) in [5, 5.41) is 0. The van der Waals surface area contributed by atoms with E-state index in [2.05, 4.69) is 9.97 Å². The van der Waals surface area contributed by atoms with E-state index in [0.717, 1.165) is 0 Å². The minimum absolute atomic E-state index is 0.359. The SMILES string of the molecule is O=S(=O)([O-])c1ccc(-c2c3nc(c(-c4ccc(S(=O)(=O)[O-])cc4)c4ccc([nH]4)c(-c4ccc(S(=O)(=O)[O-])cc4)c4nc(c(-c5ccc(S(=O)(=O)[O-])cc5)c5ccc2[nH]5)C=C4)C=C3)cc1. The van der Waals surface area contributed by atoms with Gasteiger partial charge in [-0.05, 0) is 119 Å². The van der Waals surface area contributed by atoms with Crippen LogP contribution in [0.4, 0.5) is 0 Å². The van der Waals surface area contributed by atoms with Crippen molar-refractivity contribution in [2.45, 2.75) is 19.6 Å². The van der Waals surface area contributed by atoms with Crippen molar-refractivity contribution >= 4 is 86.8 Å². The molecule has 0 saturated carbocycles. The summed E-state index contributed by atoms with van der Waals surface area (Å²) in [7, 11) is -19.2. The largest absolute Gasteiger partial charge is 0.744 e. The van der Waals surface area contributed by atoms with E-state index < -0.39 is 60.1 Å². The molecule has 0 amide bonds. The molecule has 64 heavy (non-hydrogen) atoms. The number of nitrogens with zero attached hydrogens (tertiary/aromatic N) is 2. The fraction of sp³-hybridized carbons (Fsp3) is 0. The minimum atomic E-state index is -4.81. The number of aromatic nitrogens is 4. The Bertz CT molecular complexity index is 3300. The predicted molar refractivity (Wildman–Crippen MR) is 232 cm³/mol. The van der Waals surface area contributed by atoms with Crippen LogP contribution in [0.5, 0.6) is 0 Å². The molecule has 16 nitrogen and oxygen atoms in total. The first-order valence-electron chi connectivity index (χ1n) is 18.6. The Morgan fingerprint density at radius 3 is 0.656 bits per heavy atom. The quantitative estimate of drug-likeness (QED) is 0.146. The van der Waals surface area contributed by atoms with E-state index >= 15 is 0 Å². The van der Waals surface area contributed by atoms with Crippen molar-refractivity contribution in [2.24, 2.45) is 0 Å². The van der Waals surface area contributed by atoms with Crippen LogP contribution in [0.25, 0.3) is 90.9 Å². The summed E-state index contributed by atoms with van der Waals surface area (Å²) in [6.07, 6.45) is 6.79. The van der Waals surface area contributed by atoms with Crippen LogP contribution in [0.1, 0.15) is 22.8 Å². The highest BCUT2D eigenvalue weighted by molar-refractivity contribution is 7.86. The number of fused-ring (bicyclic) bond motifs is 8. The van der Waals surface area contributed by atoms with Crippen LogP contribution in [-0.4, -0.2) is 71.8 Å². The van der Waals surface area contributed by atoms with Crippen molar-refractivity contribution in [3.8, 4) is 44.5 Å². The van der Waals surface area contributed by atoms with Gasteiger partial charge in [0.15, 0.2) is 0 Å². The number of hydrogen-bond acceptors (Lipinski definition) is 14. The minimum Gasteiger partial charge on any atom is -0.744 e. The molecule has 0 spiro atoms. The third kappa shape index (κ3) is 8.11. The monoisotopic (exact) mass is 930 g/mol. The van der Waals surface area contributed by atoms with Gasteiger partial charge in [-0.15, -0.1) is 0 Å². The lowest BCUT2D eigenvalue weighted by Crippen LogP contribution is -1.98. The van der Waals surface area contributed by atoms with Gasteiger partial charge in [0.2, 0.25) is 0 Å². The van der Waals surface area contributed by atoms with E-state index in [4.69, 9.17) is 9.97 Å². The smallest absolute Gasteiger partial charge is 0.124 e. The van der Waals surface area contributed by atoms with E-state index in [-0.39, 0.29) is 0 Å². The Balaban J connectivity index is 1.44. The average Bonchev–Trinajstić information content (AvgIpc) is 4.08. The van der Waals surface area contributed by atoms with Crippen LogP contribution >= 0.6 is 0 Å². The van der Waals surface area contributed by atoms with Crippen LogP contribution in [-0.2, 0) is 40.5 Å². The van der Waals surface area contributed by atoms with Gasteiger partial charge in [-0.25, -0.2) is 43.6 Å². The molecule has 0 saturated heterocycles. The van der Waals surface area contributed by atoms with Gasteiger partial charge in [0, 0.05) is 44.3 Å². The first-order chi connectivity index (χ1) is 30.2. The molecule has 7 aromatic rings. The van der Waals surface area contributed by atoms with Crippen molar-refractivity contribution in [2.75, 3.05) is 0 Å². The van der Waals surface area contributed by atoms with E-state index in [1.165, 1.54) is 97.1 Å². The third-order valence-corrected chi connectivity index (χ3v) is 13.9.